The molecule has 24 heavy (non-hydrogen) atoms. The van der Waals surface area contributed by atoms with Crippen LogP contribution < -0.4 is 5.32 Å². The lowest BCUT2D eigenvalue weighted by Gasteiger charge is -2.33. The summed E-state index contributed by atoms with van der Waals surface area (Å²) >= 11 is 1.50. The van der Waals surface area contributed by atoms with Crippen molar-refractivity contribution in [3.63, 3.8) is 0 Å². The topological polar surface area (TPSA) is 64.6 Å². The minimum atomic E-state index is -0.350. The number of ether oxygens (including phenoxy) is 2. The van der Waals surface area contributed by atoms with Crippen LogP contribution in [0.1, 0.15) is 54.9 Å². The molecule has 0 aliphatic heterocycles. The van der Waals surface area contributed by atoms with Gasteiger partial charge in [-0.2, -0.15) is 0 Å². The zero-order valence-corrected chi connectivity index (χ0v) is 16.0. The first-order chi connectivity index (χ1) is 11.3. The number of carbonyl (C=O) groups is 2. The monoisotopic (exact) mass is 353 g/mol. The maximum absolute atomic E-state index is 12.4. The van der Waals surface area contributed by atoms with Crippen LogP contribution in [0.4, 0.5) is 5.00 Å². The Balaban J connectivity index is 2.35. The van der Waals surface area contributed by atoms with Gasteiger partial charge < -0.3 is 14.8 Å². The third kappa shape index (κ3) is 4.16. The predicted molar refractivity (Wildman–Crippen MR) is 95.8 cm³/mol. The maximum atomic E-state index is 12.4. The second kappa shape index (κ2) is 7.66. The SMILES string of the molecule is CCOC(=O)c1c(NC(=O)COC)sc2c1CC[C@@H](C(C)(C)C)C2. The van der Waals surface area contributed by atoms with Crippen molar-refractivity contribution in [2.24, 2.45) is 11.3 Å². The molecule has 0 fully saturated rings. The Bertz CT molecular complexity index is 615. The van der Waals surface area contributed by atoms with Crippen molar-refractivity contribution in [1.82, 2.24) is 0 Å². The molecule has 1 N–H and O–H groups in total. The van der Waals surface area contributed by atoms with Crippen LogP contribution in [-0.2, 0) is 27.1 Å². The van der Waals surface area contributed by atoms with E-state index in [4.69, 9.17) is 9.47 Å². The van der Waals surface area contributed by atoms with Gasteiger partial charge in [0, 0.05) is 12.0 Å². The number of hydrogen-bond acceptors (Lipinski definition) is 5. The number of rotatable bonds is 5. The number of hydrogen-bond donors (Lipinski definition) is 1. The molecule has 0 radical (unpaired) electrons. The normalized spacial score (nSPS) is 17.3. The Hall–Kier alpha value is -1.40. The molecule has 1 atom stereocenters. The molecule has 0 aromatic carbocycles. The van der Waals surface area contributed by atoms with Crippen LogP contribution in [0.15, 0.2) is 0 Å². The molecule has 1 aromatic rings. The molecule has 0 saturated heterocycles. The van der Waals surface area contributed by atoms with Gasteiger partial charge in [0.2, 0.25) is 0 Å². The summed E-state index contributed by atoms with van der Waals surface area (Å²) in [6, 6.07) is 0. The van der Waals surface area contributed by atoms with Crippen molar-refractivity contribution in [2.75, 3.05) is 25.6 Å². The highest BCUT2D eigenvalue weighted by Gasteiger charge is 2.34. The highest BCUT2D eigenvalue weighted by molar-refractivity contribution is 7.17. The van der Waals surface area contributed by atoms with Crippen LogP contribution in [0.2, 0.25) is 0 Å². The number of anilines is 1. The Morgan fingerprint density at radius 2 is 2.04 bits per heavy atom. The van der Waals surface area contributed by atoms with Crippen molar-refractivity contribution >= 4 is 28.2 Å². The van der Waals surface area contributed by atoms with Gasteiger partial charge in [-0.15, -0.1) is 11.3 Å². The summed E-state index contributed by atoms with van der Waals surface area (Å²) in [5, 5.41) is 3.41. The third-order valence-corrected chi connectivity index (χ3v) is 5.67. The van der Waals surface area contributed by atoms with E-state index in [1.807, 2.05) is 0 Å². The number of methoxy groups -OCH3 is 1. The lowest BCUT2D eigenvalue weighted by molar-refractivity contribution is -0.119. The van der Waals surface area contributed by atoms with Crippen LogP contribution >= 0.6 is 11.3 Å². The van der Waals surface area contributed by atoms with E-state index >= 15 is 0 Å². The minimum absolute atomic E-state index is 0.0323. The van der Waals surface area contributed by atoms with Crippen LogP contribution in [0.3, 0.4) is 0 Å². The molecule has 1 aliphatic rings. The molecule has 134 valence electrons. The van der Waals surface area contributed by atoms with Crippen LogP contribution in [0.25, 0.3) is 0 Å². The lowest BCUT2D eigenvalue weighted by Crippen LogP contribution is -2.26. The Morgan fingerprint density at radius 1 is 1.33 bits per heavy atom. The standard InChI is InChI=1S/C18H27NO4S/c1-6-23-17(21)15-12-8-7-11(18(2,3)4)9-13(12)24-16(15)19-14(20)10-22-5/h11H,6-10H2,1-5H3,(H,19,20)/t11-/m1/s1. The van der Waals surface area contributed by atoms with E-state index in [1.54, 1.807) is 6.92 Å². The molecule has 0 unspecified atom stereocenters. The van der Waals surface area contributed by atoms with Gasteiger partial charge in [0.05, 0.1) is 12.2 Å². The zero-order chi connectivity index (χ0) is 17.9. The quantitative estimate of drug-likeness (QED) is 0.821. The number of esters is 1. The molecule has 0 saturated carbocycles. The van der Waals surface area contributed by atoms with Gasteiger partial charge in [-0.3, -0.25) is 4.79 Å². The summed E-state index contributed by atoms with van der Waals surface area (Å²) in [5.74, 6) is -0.0350. The first-order valence-corrected chi connectivity index (χ1v) is 9.20. The summed E-state index contributed by atoms with van der Waals surface area (Å²) in [4.78, 5) is 25.5. The minimum Gasteiger partial charge on any atom is -0.462 e. The summed E-state index contributed by atoms with van der Waals surface area (Å²) in [6.07, 6.45) is 2.84. The van der Waals surface area contributed by atoms with Crippen molar-refractivity contribution in [1.29, 1.82) is 0 Å². The largest absolute Gasteiger partial charge is 0.462 e. The van der Waals surface area contributed by atoms with Gasteiger partial charge in [0.25, 0.3) is 5.91 Å². The number of amides is 1. The maximum Gasteiger partial charge on any atom is 0.341 e. The van der Waals surface area contributed by atoms with Crippen molar-refractivity contribution in [3.05, 3.63) is 16.0 Å². The number of thiophene rings is 1. The molecule has 2 rings (SSSR count). The zero-order valence-electron chi connectivity index (χ0n) is 15.2. The van der Waals surface area contributed by atoms with Gasteiger partial charge in [0.15, 0.2) is 0 Å². The molecule has 1 aromatic heterocycles. The first kappa shape index (κ1) is 18.9. The van der Waals surface area contributed by atoms with Gasteiger partial charge in [0.1, 0.15) is 11.6 Å². The molecule has 0 bridgehead atoms. The molecule has 0 spiro atoms. The highest BCUT2D eigenvalue weighted by Crippen LogP contribution is 2.44. The average molecular weight is 353 g/mol. The van der Waals surface area contributed by atoms with E-state index in [2.05, 4.69) is 26.1 Å². The van der Waals surface area contributed by atoms with E-state index in [-0.39, 0.29) is 23.9 Å². The summed E-state index contributed by atoms with van der Waals surface area (Å²) in [6.45, 7) is 8.84. The number of carbonyl (C=O) groups excluding carboxylic acids is 2. The summed E-state index contributed by atoms with van der Waals surface area (Å²) < 4.78 is 10.1. The second-order valence-electron chi connectivity index (χ2n) is 7.22. The second-order valence-corrected chi connectivity index (χ2v) is 8.32. The first-order valence-electron chi connectivity index (χ1n) is 8.38. The van der Waals surface area contributed by atoms with Gasteiger partial charge in [-0.05, 0) is 43.1 Å². The van der Waals surface area contributed by atoms with Gasteiger partial charge in [-0.25, -0.2) is 4.79 Å². The molecular formula is C18H27NO4S. The molecular weight excluding hydrogens is 326 g/mol. The Kier molecular flexibility index (Phi) is 6.04. The van der Waals surface area contributed by atoms with Crippen LogP contribution in [0, 0.1) is 11.3 Å². The summed E-state index contributed by atoms with van der Waals surface area (Å²) in [5.41, 5.74) is 1.81. The highest BCUT2D eigenvalue weighted by atomic mass is 32.1. The van der Waals surface area contributed by atoms with E-state index in [0.29, 0.717) is 23.1 Å². The van der Waals surface area contributed by atoms with Crippen molar-refractivity contribution < 1.29 is 19.1 Å². The number of nitrogens with one attached hydrogen (secondary N) is 1. The molecule has 6 heteroatoms. The molecule has 1 heterocycles. The fraction of sp³-hybridized carbons (Fsp3) is 0.667. The van der Waals surface area contributed by atoms with Crippen LogP contribution in [-0.4, -0.2) is 32.2 Å². The van der Waals surface area contributed by atoms with Gasteiger partial charge >= 0.3 is 5.97 Å². The fourth-order valence-corrected chi connectivity index (χ4v) is 4.46. The van der Waals surface area contributed by atoms with Gasteiger partial charge in [-0.1, -0.05) is 20.8 Å². The van der Waals surface area contributed by atoms with E-state index in [1.165, 1.54) is 23.3 Å². The van der Waals surface area contributed by atoms with E-state index in [0.717, 1.165) is 24.8 Å². The van der Waals surface area contributed by atoms with Crippen LogP contribution in [0.5, 0.6) is 0 Å². The third-order valence-electron chi connectivity index (χ3n) is 4.50. The Labute approximate surface area is 147 Å². The fourth-order valence-electron chi connectivity index (χ4n) is 3.13. The van der Waals surface area contributed by atoms with E-state index < -0.39 is 0 Å². The average Bonchev–Trinajstić information content (AvgIpc) is 2.83. The smallest absolute Gasteiger partial charge is 0.341 e. The van der Waals surface area contributed by atoms with Crippen molar-refractivity contribution in [3.8, 4) is 0 Å². The lowest BCUT2D eigenvalue weighted by atomic mass is 9.72. The van der Waals surface area contributed by atoms with E-state index in [9.17, 15) is 9.59 Å². The predicted octanol–water partition coefficient (Wildman–Crippen LogP) is 3.66. The number of fused-ring (bicyclic) bond motifs is 1. The van der Waals surface area contributed by atoms with Crippen molar-refractivity contribution in [2.45, 2.75) is 47.0 Å². The molecule has 5 nitrogen and oxygen atoms in total. The Morgan fingerprint density at radius 3 is 2.62 bits per heavy atom. The molecule has 1 aliphatic carbocycles. The summed E-state index contributed by atoms with van der Waals surface area (Å²) in [7, 11) is 1.47. The molecule has 1 amide bonds.